The molecule has 140 valence electrons. The van der Waals surface area contributed by atoms with E-state index in [0.29, 0.717) is 11.8 Å². The number of ether oxygens (including phenoxy) is 1. The minimum Gasteiger partial charge on any atom is -0.493 e. The van der Waals surface area contributed by atoms with Gasteiger partial charge in [0.2, 0.25) is 0 Å². The molecule has 0 fully saturated rings. The second-order valence-corrected chi connectivity index (χ2v) is 7.54. The Hall–Kier alpha value is -1.57. The molecule has 0 aliphatic rings. The van der Waals surface area contributed by atoms with Crippen LogP contribution >= 0.6 is 0 Å². The van der Waals surface area contributed by atoms with E-state index in [1.807, 2.05) is 6.92 Å². The first-order chi connectivity index (χ1) is 11.9. The van der Waals surface area contributed by atoms with Crippen molar-refractivity contribution in [3.63, 3.8) is 0 Å². The third-order valence-electron chi connectivity index (χ3n) is 4.67. The standard InChI is InChI=1S/C23H36O2/c1-7-8-9-10-11-14-25-23-21(18(4)5)15-20(17(2)3)16-22(23)19(6)12-13-24/h12-13,15-18H,7-11,14H2,1-6H3. The Labute approximate surface area is 154 Å². The maximum Gasteiger partial charge on any atom is 0.143 e. The summed E-state index contributed by atoms with van der Waals surface area (Å²) in [6.45, 7) is 13.8. The van der Waals surface area contributed by atoms with E-state index in [4.69, 9.17) is 4.74 Å². The third-order valence-corrected chi connectivity index (χ3v) is 4.67. The molecule has 0 saturated carbocycles. The zero-order valence-corrected chi connectivity index (χ0v) is 17.0. The Morgan fingerprint density at radius 1 is 1.04 bits per heavy atom. The molecule has 1 aromatic carbocycles. The average Bonchev–Trinajstić information content (AvgIpc) is 2.57. The van der Waals surface area contributed by atoms with Gasteiger partial charge in [-0.1, -0.05) is 66.4 Å². The van der Waals surface area contributed by atoms with Gasteiger partial charge in [0.25, 0.3) is 0 Å². The van der Waals surface area contributed by atoms with Gasteiger partial charge in [0, 0.05) is 5.56 Å². The van der Waals surface area contributed by atoms with E-state index < -0.39 is 0 Å². The van der Waals surface area contributed by atoms with Crippen molar-refractivity contribution in [1.29, 1.82) is 0 Å². The van der Waals surface area contributed by atoms with Crippen LogP contribution in [0.15, 0.2) is 18.2 Å². The molecule has 0 aliphatic carbocycles. The summed E-state index contributed by atoms with van der Waals surface area (Å²) in [7, 11) is 0. The number of aldehydes is 1. The van der Waals surface area contributed by atoms with Gasteiger partial charge in [-0.15, -0.1) is 0 Å². The van der Waals surface area contributed by atoms with E-state index in [9.17, 15) is 4.79 Å². The Balaban J connectivity index is 3.12. The molecular weight excluding hydrogens is 308 g/mol. The van der Waals surface area contributed by atoms with Gasteiger partial charge in [0.1, 0.15) is 12.0 Å². The number of hydrogen-bond donors (Lipinski definition) is 0. The predicted octanol–water partition coefficient (Wildman–Crippen LogP) is 6.88. The molecule has 0 atom stereocenters. The van der Waals surface area contributed by atoms with Gasteiger partial charge in [-0.05, 0) is 54.0 Å². The number of benzene rings is 1. The first kappa shape index (κ1) is 21.5. The SMILES string of the molecule is CCCCCCCOc1c(C(C)=CC=O)cc(C(C)C)cc1C(C)C. The fraction of sp³-hybridized carbons (Fsp3) is 0.609. The van der Waals surface area contributed by atoms with Gasteiger partial charge in [0.05, 0.1) is 6.61 Å². The summed E-state index contributed by atoms with van der Waals surface area (Å²) < 4.78 is 6.26. The molecule has 0 aliphatic heterocycles. The first-order valence-electron chi connectivity index (χ1n) is 9.85. The summed E-state index contributed by atoms with van der Waals surface area (Å²) >= 11 is 0. The summed E-state index contributed by atoms with van der Waals surface area (Å²) in [6.07, 6.45) is 8.63. The van der Waals surface area contributed by atoms with Gasteiger partial charge in [-0.3, -0.25) is 4.79 Å². The number of rotatable bonds is 11. The maximum absolute atomic E-state index is 11.0. The largest absolute Gasteiger partial charge is 0.493 e. The third kappa shape index (κ3) is 6.68. The van der Waals surface area contributed by atoms with Crippen molar-refractivity contribution in [2.45, 2.75) is 85.5 Å². The Morgan fingerprint density at radius 3 is 2.28 bits per heavy atom. The summed E-state index contributed by atoms with van der Waals surface area (Å²) in [6, 6.07) is 4.47. The topological polar surface area (TPSA) is 26.3 Å². The van der Waals surface area contributed by atoms with E-state index in [2.05, 4.69) is 46.8 Å². The zero-order valence-electron chi connectivity index (χ0n) is 17.0. The van der Waals surface area contributed by atoms with Crippen molar-refractivity contribution >= 4 is 11.9 Å². The highest BCUT2D eigenvalue weighted by molar-refractivity contribution is 5.83. The van der Waals surface area contributed by atoms with Crippen molar-refractivity contribution in [2.75, 3.05) is 6.61 Å². The summed E-state index contributed by atoms with van der Waals surface area (Å²) in [5.41, 5.74) is 4.58. The lowest BCUT2D eigenvalue weighted by molar-refractivity contribution is -0.104. The van der Waals surface area contributed by atoms with Crippen LogP contribution in [0.25, 0.3) is 5.57 Å². The van der Waals surface area contributed by atoms with Crippen LogP contribution in [0.1, 0.15) is 102 Å². The van der Waals surface area contributed by atoms with E-state index in [0.717, 1.165) is 36.2 Å². The maximum atomic E-state index is 11.0. The first-order valence-corrected chi connectivity index (χ1v) is 9.85. The predicted molar refractivity (Wildman–Crippen MR) is 109 cm³/mol. The number of hydrogen-bond acceptors (Lipinski definition) is 2. The molecule has 0 amide bonds. The molecule has 1 rings (SSSR count). The second kappa shape index (κ2) is 11.1. The van der Waals surface area contributed by atoms with Crippen molar-refractivity contribution in [3.8, 4) is 5.75 Å². The Bertz CT molecular complexity index is 568. The van der Waals surface area contributed by atoms with Crippen LogP contribution in [0, 0.1) is 0 Å². The Morgan fingerprint density at radius 2 is 1.72 bits per heavy atom. The van der Waals surface area contributed by atoms with E-state index >= 15 is 0 Å². The monoisotopic (exact) mass is 344 g/mol. The van der Waals surface area contributed by atoms with E-state index in [-0.39, 0.29) is 0 Å². The summed E-state index contributed by atoms with van der Waals surface area (Å²) in [4.78, 5) is 11.0. The van der Waals surface area contributed by atoms with Gasteiger partial charge in [0.15, 0.2) is 0 Å². The highest BCUT2D eigenvalue weighted by Gasteiger charge is 2.17. The molecule has 0 N–H and O–H groups in total. The van der Waals surface area contributed by atoms with Crippen molar-refractivity contribution < 1.29 is 9.53 Å². The molecule has 0 aromatic heterocycles. The quantitative estimate of drug-likeness (QED) is 0.248. The average molecular weight is 345 g/mol. The van der Waals surface area contributed by atoms with Gasteiger partial charge in [-0.2, -0.15) is 0 Å². The van der Waals surface area contributed by atoms with Gasteiger partial charge >= 0.3 is 0 Å². The van der Waals surface area contributed by atoms with Crippen molar-refractivity contribution in [3.05, 3.63) is 34.9 Å². The molecule has 0 unspecified atom stereocenters. The highest BCUT2D eigenvalue weighted by atomic mass is 16.5. The van der Waals surface area contributed by atoms with Crippen LogP contribution in [0.5, 0.6) is 5.75 Å². The van der Waals surface area contributed by atoms with Crippen LogP contribution in [-0.2, 0) is 4.79 Å². The van der Waals surface area contributed by atoms with Crippen LogP contribution in [-0.4, -0.2) is 12.9 Å². The second-order valence-electron chi connectivity index (χ2n) is 7.54. The molecule has 2 heteroatoms. The number of allylic oxidation sites excluding steroid dienone is 2. The van der Waals surface area contributed by atoms with Crippen molar-refractivity contribution in [2.24, 2.45) is 0 Å². The minimum absolute atomic E-state index is 0.386. The van der Waals surface area contributed by atoms with Gasteiger partial charge < -0.3 is 4.74 Å². The smallest absolute Gasteiger partial charge is 0.143 e. The van der Waals surface area contributed by atoms with Crippen LogP contribution in [0.4, 0.5) is 0 Å². The van der Waals surface area contributed by atoms with E-state index in [1.54, 1.807) is 6.08 Å². The van der Waals surface area contributed by atoms with E-state index in [1.165, 1.54) is 36.8 Å². The van der Waals surface area contributed by atoms with Crippen LogP contribution < -0.4 is 4.74 Å². The molecule has 0 radical (unpaired) electrons. The molecule has 0 saturated heterocycles. The van der Waals surface area contributed by atoms with Crippen LogP contribution in [0.3, 0.4) is 0 Å². The van der Waals surface area contributed by atoms with Crippen molar-refractivity contribution in [1.82, 2.24) is 0 Å². The fourth-order valence-corrected chi connectivity index (χ4v) is 2.96. The Kier molecular flexibility index (Phi) is 9.55. The normalized spacial score (nSPS) is 12.1. The summed E-state index contributed by atoms with van der Waals surface area (Å²) in [5.74, 6) is 1.80. The lowest BCUT2D eigenvalue weighted by Gasteiger charge is -2.21. The number of unbranched alkanes of at least 4 members (excludes halogenated alkanes) is 4. The lowest BCUT2D eigenvalue weighted by Crippen LogP contribution is -2.06. The molecular formula is C23H36O2. The molecule has 2 nitrogen and oxygen atoms in total. The highest BCUT2D eigenvalue weighted by Crippen LogP contribution is 2.37. The number of carbonyl (C=O) groups excluding carboxylic acids is 1. The zero-order chi connectivity index (χ0) is 18.8. The minimum atomic E-state index is 0.386. The fourth-order valence-electron chi connectivity index (χ4n) is 2.96. The van der Waals surface area contributed by atoms with Gasteiger partial charge in [-0.25, -0.2) is 0 Å². The molecule has 0 heterocycles. The summed E-state index contributed by atoms with van der Waals surface area (Å²) in [5, 5.41) is 0. The molecule has 25 heavy (non-hydrogen) atoms. The number of carbonyl (C=O) groups is 1. The molecule has 0 bridgehead atoms. The lowest BCUT2D eigenvalue weighted by atomic mass is 9.89. The van der Waals surface area contributed by atoms with Crippen LogP contribution in [0.2, 0.25) is 0 Å². The molecule has 1 aromatic rings. The molecule has 0 spiro atoms.